The van der Waals surface area contributed by atoms with Crippen LogP contribution < -0.4 is 11.1 Å². The maximum Gasteiger partial charge on any atom is 0.267 e. The van der Waals surface area contributed by atoms with E-state index in [1.165, 1.54) is 17.4 Å². The number of thiophene rings is 1. The van der Waals surface area contributed by atoms with Crippen molar-refractivity contribution in [3.05, 3.63) is 53.2 Å². The zero-order valence-electron chi connectivity index (χ0n) is 10.6. The van der Waals surface area contributed by atoms with Gasteiger partial charge in [-0.1, -0.05) is 0 Å². The van der Waals surface area contributed by atoms with Crippen LogP contribution in [-0.4, -0.2) is 10.9 Å². The van der Waals surface area contributed by atoms with Gasteiger partial charge in [0.15, 0.2) is 11.6 Å². The van der Waals surface area contributed by atoms with Gasteiger partial charge in [-0.25, -0.2) is 8.78 Å². The number of hydrogen-bond acceptors (Lipinski definition) is 4. The van der Waals surface area contributed by atoms with Crippen LogP contribution in [0.3, 0.4) is 0 Å². The highest BCUT2D eigenvalue weighted by atomic mass is 32.1. The highest BCUT2D eigenvalue weighted by Gasteiger charge is 2.17. The Morgan fingerprint density at radius 1 is 1.24 bits per heavy atom. The zero-order valence-corrected chi connectivity index (χ0v) is 11.4. The molecule has 1 aromatic carbocycles. The van der Waals surface area contributed by atoms with Crippen LogP contribution in [0.25, 0.3) is 10.1 Å². The molecule has 3 aromatic rings. The van der Waals surface area contributed by atoms with E-state index in [0.717, 1.165) is 22.2 Å². The first kappa shape index (κ1) is 13.4. The molecule has 0 bridgehead atoms. The summed E-state index contributed by atoms with van der Waals surface area (Å²) < 4.78 is 26.8. The summed E-state index contributed by atoms with van der Waals surface area (Å²) in [6, 6.07) is 4.86. The number of nitrogens with zero attached hydrogens (tertiary/aromatic N) is 1. The molecule has 0 aliphatic heterocycles. The molecule has 21 heavy (non-hydrogen) atoms. The molecule has 0 spiro atoms. The van der Waals surface area contributed by atoms with Crippen molar-refractivity contribution in [3.8, 4) is 0 Å². The fourth-order valence-electron chi connectivity index (χ4n) is 1.90. The number of carbonyl (C=O) groups excluding carboxylic acids is 1. The second kappa shape index (κ2) is 5.10. The van der Waals surface area contributed by atoms with Crippen LogP contribution in [0.5, 0.6) is 0 Å². The molecular formula is C14H9F2N3OS. The number of fused-ring (bicyclic) bond motifs is 1. The first-order chi connectivity index (χ1) is 10.1. The van der Waals surface area contributed by atoms with Gasteiger partial charge in [0.25, 0.3) is 5.91 Å². The standard InChI is InChI=1S/C14H9F2N3OS/c15-9-2-1-7(5-10(9)16)19-14(20)13-12(17)8-3-4-18-6-11(8)21-13/h1-6H,17H2,(H,19,20). The van der Waals surface area contributed by atoms with Crippen molar-refractivity contribution in [1.82, 2.24) is 4.98 Å². The van der Waals surface area contributed by atoms with Crippen molar-refractivity contribution in [2.45, 2.75) is 0 Å². The van der Waals surface area contributed by atoms with Gasteiger partial charge in [-0.3, -0.25) is 9.78 Å². The molecule has 3 N–H and O–H groups in total. The molecular weight excluding hydrogens is 296 g/mol. The Balaban J connectivity index is 1.93. The number of pyridine rings is 1. The van der Waals surface area contributed by atoms with Gasteiger partial charge in [0.1, 0.15) is 4.88 Å². The van der Waals surface area contributed by atoms with Gasteiger partial charge in [-0.05, 0) is 18.2 Å². The molecule has 2 heterocycles. The second-order valence-electron chi connectivity index (χ2n) is 4.30. The van der Waals surface area contributed by atoms with E-state index in [-0.39, 0.29) is 5.69 Å². The molecule has 0 atom stereocenters. The number of hydrogen-bond donors (Lipinski definition) is 2. The van der Waals surface area contributed by atoms with Gasteiger partial charge in [0, 0.05) is 29.5 Å². The van der Waals surface area contributed by atoms with Crippen molar-refractivity contribution >= 4 is 38.7 Å². The fraction of sp³-hybridized carbons (Fsp3) is 0. The first-order valence-corrected chi connectivity index (χ1v) is 6.76. The van der Waals surface area contributed by atoms with Crippen molar-refractivity contribution in [3.63, 3.8) is 0 Å². The Bertz CT molecular complexity index is 847. The fourth-order valence-corrected chi connectivity index (χ4v) is 2.89. The summed E-state index contributed by atoms with van der Waals surface area (Å²) in [5.74, 6) is -2.47. The van der Waals surface area contributed by atoms with Crippen molar-refractivity contribution in [2.75, 3.05) is 11.1 Å². The topological polar surface area (TPSA) is 68.0 Å². The first-order valence-electron chi connectivity index (χ1n) is 5.94. The molecule has 0 aliphatic rings. The Morgan fingerprint density at radius 2 is 2.05 bits per heavy atom. The number of benzene rings is 1. The molecule has 106 valence electrons. The van der Waals surface area contributed by atoms with E-state index >= 15 is 0 Å². The number of nitrogen functional groups attached to an aromatic ring is 1. The molecule has 1 amide bonds. The van der Waals surface area contributed by atoms with E-state index in [9.17, 15) is 13.6 Å². The lowest BCUT2D eigenvalue weighted by Crippen LogP contribution is -2.12. The lowest BCUT2D eigenvalue weighted by molar-refractivity contribution is 0.103. The van der Waals surface area contributed by atoms with E-state index in [1.54, 1.807) is 18.5 Å². The number of rotatable bonds is 2. The molecule has 0 unspecified atom stereocenters. The Morgan fingerprint density at radius 3 is 2.76 bits per heavy atom. The smallest absolute Gasteiger partial charge is 0.267 e. The van der Waals surface area contributed by atoms with Gasteiger partial charge in [-0.2, -0.15) is 0 Å². The van der Waals surface area contributed by atoms with Gasteiger partial charge in [0.05, 0.1) is 10.4 Å². The molecule has 0 aliphatic carbocycles. The van der Waals surface area contributed by atoms with Gasteiger partial charge >= 0.3 is 0 Å². The number of amides is 1. The predicted octanol–water partition coefficient (Wildman–Crippen LogP) is 3.41. The van der Waals surface area contributed by atoms with E-state index in [1.807, 2.05) is 0 Å². The van der Waals surface area contributed by atoms with Crippen molar-refractivity contribution < 1.29 is 13.6 Å². The number of nitrogens with one attached hydrogen (secondary N) is 1. The maximum atomic E-state index is 13.1. The minimum atomic E-state index is -1.03. The number of anilines is 2. The van der Waals surface area contributed by atoms with Gasteiger partial charge < -0.3 is 11.1 Å². The lowest BCUT2D eigenvalue weighted by Gasteiger charge is -2.04. The molecule has 4 nitrogen and oxygen atoms in total. The van der Waals surface area contributed by atoms with Crippen molar-refractivity contribution in [2.24, 2.45) is 0 Å². The van der Waals surface area contributed by atoms with Crippen molar-refractivity contribution in [1.29, 1.82) is 0 Å². The monoisotopic (exact) mass is 305 g/mol. The summed E-state index contributed by atoms with van der Waals surface area (Å²) in [7, 11) is 0. The third-order valence-electron chi connectivity index (χ3n) is 2.92. The predicted molar refractivity (Wildman–Crippen MR) is 78.3 cm³/mol. The number of carbonyl (C=O) groups is 1. The SMILES string of the molecule is Nc1c(C(=O)Nc2ccc(F)c(F)c2)sc2cnccc12. The number of aromatic nitrogens is 1. The molecule has 0 saturated heterocycles. The molecule has 3 rings (SSSR count). The van der Waals surface area contributed by atoms with Gasteiger partial charge in [0.2, 0.25) is 0 Å². The minimum absolute atomic E-state index is 0.161. The van der Waals surface area contributed by atoms with E-state index in [4.69, 9.17) is 5.73 Å². The van der Waals surface area contributed by atoms with Crippen LogP contribution in [0, 0.1) is 11.6 Å². The van der Waals surface area contributed by atoms with Crippen LogP contribution in [0.2, 0.25) is 0 Å². The van der Waals surface area contributed by atoms with Crippen LogP contribution in [0.15, 0.2) is 36.7 Å². The summed E-state index contributed by atoms with van der Waals surface area (Å²) in [6.07, 6.45) is 3.20. The summed E-state index contributed by atoms with van der Waals surface area (Å²) >= 11 is 1.19. The van der Waals surface area contributed by atoms with Crippen LogP contribution >= 0.6 is 11.3 Å². The Labute approximate surface area is 122 Å². The van der Waals surface area contributed by atoms with E-state index < -0.39 is 17.5 Å². The Kier molecular flexibility index (Phi) is 3.26. The average Bonchev–Trinajstić information content (AvgIpc) is 2.81. The highest BCUT2D eigenvalue weighted by molar-refractivity contribution is 7.21. The summed E-state index contributed by atoms with van der Waals surface area (Å²) in [5, 5.41) is 3.23. The summed E-state index contributed by atoms with van der Waals surface area (Å²) in [6.45, 7) is 0. The lowest BCUT2D eigenvalue weighted by atomic mass is 10.2. The number of halogens is 2. The van der Waals surface area contributed by atoms with E-state index in [0.29, 0.717) is 10.6 Å². The molecule has 2 aromatic heterocycles. The van der Waals surface area contributed by atoms with Gasteiger partial charge in [-0.15, -0.1) is 11.3 Å². The molecule has 0 radical (unpaired) electrons. The quantitative estimate of drug-likeness (QED) is 0.762. The second-order valence-corrected chi connectivity index (χ2v) is 5.35. The normalized spacial score (nSPS) is 10.8. The van der Waals surface area contributed by atoms with Crippen LogP contribution in [-0.2, 0) is 0 Å². The molecule has 0 fully saturated rings. The zero-order chi connectivity index (χ0) is 15.0. The highest BCUT2D eigenvalue weighted by Crippen LogP contribution is 2.33. The van der Waals surface area contributed by atoms with Crippen LogP contribution in [0.1, 0.15) is 9.67 Å². The number of nitrogens with two attached hydrogens (primary N) is 1. The maximum absolute atomic E-state index is 13.1. The summed E-state index contributed by atoms with van der Waals surface area (Å²) in [5.41, 5.74) is 6.44. The largest absolute Gasteiger partial charge is 0.397 e. The molecule has 7 heteroatoms. The third-order valence-corrected chi connectivity index (χ3v) is 4.07. The minimum Gasteiger partial charge on any atom is -0.397 e. The van der Waals surface area contributed by atoms with E-state index in [2.05, 4.69) is 10.3 Å². The Hall–Kier alpha value is -2.54. The van der Waals surface area contributed by atoms with Crippen LogP contribution in [0.4, 0.5) is 20.2 Å². The average molecular weight is 305 g/mol. The third kappa shape index (κ3) is 2.43. The summed E-state index contributed by atoms with van der Waals surface area (Å²) in [4.78, 5) is 16.5. The molecule has 0 saturated carbocycles.